The fourth-order valence-electron chi connectivity index (χ4n) is 2.48. The van der Waals surface area contributed by atoms with E-state index in [1.54, 1.807) is 0 Å². The van der Waals surface area contributed by atoms with Crippen LogP contribution in [0.1, 0.15) is 47.0 Å². The van der Waals surface area contributed by atoms with Gasteiger partial charge in [-0.15, -0.1) is 0 Å². The Balaban J connectivity index is 2.43. The molecule has 0 saturated carbocycles. The van der Waals surface area contributed by atoms with Crippen LogP contribution in [0.2, 0.25) is 0 Å². The molecule has 0 aliphatic carbocycles. The molecule has 0 amide bonds. The molecule has 0 spiro atoms. The average Bonchev–Trinajstić information content (AvgIpc) is 2.17. The Bertz CT molecular complexity index is 192. The van der Waals surface area contributed by atoms with Gasteiger partial charge < -0.3 is 4.90 Å². The number of hydrogen-bond acceptors (Lipinski definition) is 3. The Morgan fingerprint density at radius 2 is 2.13 bits per heavy atom. The molecular formula is C12H26N2O. The molecule has 3 heteroatoms. The van der Waals surface area contributed by atoms with Crippen LogP contribution in [0.3, 0.4) is 0 Å². The average molecular weight is 214 g/mol. The zero-order valence-electron chi connectivity index (χ0n) is 10.6. The topological polar surface area (TPSA) is 38.5 Å². The molecule has 0 aromatic carbocycles. The Hall–Kier alpha value is -0.120. The monoisotopic (exact) mass is 214 g/mol. The summed E-state index contributed by atoms with van der Waals surface area (Å²) in [4.78, 5) is 7.57. The Morgan fingerprint density at radius 1 is 1.47 bits per heavy atom. The highest BCUT2D eigenvalue weighted by molar-refractivity contribution is 4.80. The van der Waals surface area contributed by atoms with Crippen LogP contribution in [0.5, 0.6) is 0 Å². The number of likely N-dealkylation sites (tertiary alicyclic amines) is 1. The maximum absolute atomic E-state index is 5.30. The predicted octanol–water partition coefficient (Wildman–Crippen LogP) is 2.17. The lowest BCUT2D eigenvalue weighted by Gasteiger charge is -2.38. The molecule has 90 valence electrons. The largest absolute Gasteiger partial charge is 0.301 e. The number of hydrogen-bond donors (Lipinski definition) is 1. The summed E-state index contributed by atoms with van der Waals surface area (Å²) >= 11 is 0. The number of nitrogens with zero attached hydrogens (tertiary/aromatic N) is 1. The highest BCUT2D eigenvalue weighted by Gasteiger charge is 2.28. The van der Waals surface area contributed by atoms with E-state index in [0.29, 0.717) is 6.04 Å². The van der Waals surface area contributed by atoms with E-state index in [2.05, 4.69) is 32.6 Å². The van der Waals surface area contributed by atoms with Gasteiger partial charge in [0.15, 0.2) is 0 Å². The molecule has 0 radical (unpaired) electrons. The highest BCUT2D eigenvalue weighted by atomic mass is 16.6. The van der Waals surface area contributed by atoms with Crippen molar-refractivity contribution in [2.45, 2.75) is 58.6 Å². The predicted molar refractivity (Wildman–Crippen MR) is 63.4 cm³/mol. The van der Waals surface area contributed by atoms with E-state index in [0.717, 1.165) is 12.3 Å². The maximum Gasteiger partial charge on any atom is 0.0841 e. The molecule has 1 saturated heterocycles. The second-order valence-corrected chi connectivity index (χ2v) is 5.68. The highest BCUT2D eigenvalue weighted by Crippen LogP contribution is 2.27. The van der Waals surface area contributed by atoms with Gasteiger partial charge in [-0.25, -0.2) is 5.90 Å². The molecule has 3 nitrogen and oxygen atoms in total. The molecule has 1 rings (SSSR count). The third-order valence-electron chi connectivity index (χ3n) is 3.38. The summed E-state index contributed by atoms with van der Waals surface area (Å²) in [5.41, 5.74) is -0.176. The van der Waals surface area contributed by atoms with Crippen LogP contribution in [-0.4, -0.2) is 29.6 Å². The lowest BCUT2D eigenvalue weighted by molar-refractivity contribution is -0.0444. The molecule has 1 heterocycles. The molecule has 0 aromatic heterocycles. The van der Waals surface area contributed by atoms with Gasteiger partial charge in [0, 0.05) is 12.6 Å². The van der Waals surface area contributed by atoms with Crippen molar-refractivity contribution in [2.24, 2.45) is 11.8 Å². The first-order chi connectivity index (χ1) is 6.94. The third-order valence-corrected chi connectivity index (χ3v) is 3.38. The van der Waals surface area contributed by atoms with Gasteiger partial charge in [0.2, 0.25) is 0 Å². The summed E-state index contributed by atoms with van der Waals surface area (Å²) in [6.07, 6.45) is 3.69. The molecule has 1 aliphatic heterocycles. The van der Waals surface area contributed by atoms with Crippen LogP contribution in [0.15, 0.2) is 0 Å². The molecule has 0 bridgehead atoms. The summed E-state index contributed by atoms with van der Waals surface area (Å²) in [5, 5.41) is 0. The SMILES string of the molecule is CC(C)N1CCCC(CC(C)(C)ON)C1. The number of rotatable bonds is 4. The molecule has 1 atom stereocenters. The summed E-state index contributed by atoms with van der Waals surface area (Å²) in [6, 6.07) is 0.662. The van der Waals surface area contributed by atoms with Crippen LogP contribution < -0.4 is 5.90 Å². The third kappa shape index (κ3) is 4.09. The van der Waals surface area contributed by atoms with E-state index in [4.69, 9.17) is 10.7 Å². The molecular weight excluding hydrogens is 188 g/mol. The van der Waals surface area contributed by atoms with Crippen molar-refractivity contribution in [3.8, 4) is 0 Å². The van der Waals surface area contributed by atoms with Gasteiger partial charge in [-0.3, -0.25) is 4.84 Å². The van der Waals surface area contributed by atoms with E-state index in [-0.39, 0.29) is 5.60 Å². The minimum absolute atomic E-state index is 0.176. The van der Waals surface area contributed by atoms with Crippen LogP contribution in [-0.2, 0) is 4.84 Å². The first kappa shape index (κ1) is 12.9. The van der Waals surface area contributed by atoms with Gasteiger partial charge >= 0.3 is 0 Å². The standard InChI is InChI=1S/C12H26N2O/c1-10(2)14-7-5-6-11(9-14)8-12(3,4)15-13/h10-11H,5-9,13H2,1-4H3. The fraction of sp³-hybridized carbons (Fsp3) is 1.00. The first-order valence-corrected chi connectivity index (χ1v) is 6.06. The number of nitrogens with two attached hydrogens (primary N) is 1. The van der Waals surface area contributed by atoms with Crippen molar-refractivity contribution in [3.63, 3.8) is 0 Å². The van der Waals surface area contributed by atoms with Gasteiger partial charge in [0.25, 0.3) is 0 Å². The zero-order chi connectivity index (χ0) is 11.5. The Labute approximate surface area is 93.9 Å². The van der Waals surface area contributed by atoms with Crippen molar-refractivity contribution in [1.29, 1.82) is 0 Å². The second-order valence-electron chi connectivity index (χ2n) is 5.68. The maximum atomic E-state index is 5.30. The van der Waals surface area contributed by atoms with Crippen LogP contribution in [0.4, 0.5) is 0 Å². The van der Waals surface area contributed by atoms with Crippen molar-refractivity contribution in [3.05, 3.63) is 0 Å². The van der Waals surface area contributed by atoms with E-state index in [1.807, 2.05) is 0 Å². The van der Waals surface area contributed by atoms with Gasteiger partial charge in [0.1, 0.15) is 0 Å². The molecule has 2 N–H and O–H groups in total. The fourth-order valence-corrected chi connectivity index (χ4v) is 2.48. The molecule has 0 aromatic rings. The van der Waals surface area contributed by atoms with E-state index >= 15 is 0 Å². The molecule has 1 aliphatic rings. The number of piperidine rings is 1. The molecule has 1 unspecified atom stereocenters. The van der Waals surface area contributed by atoms with Crippen molar-refractivity contribution >= 4 is 0 Å². The van der Waals surface area contributed by atoms with Gasteiger partial charge in [-0.1, -0.05) is 0 Å². The lowest BCUT2D eigenvalue weighted by atomic mass is 9.87. The lowest BCUT2D eigenvalue weighted by Crippen LogP contribution is -2.42. The minimum Gasteiger partial charge on any atom is -0.301 e. The first-order valence-electron chi connectivity index (χ1n) is 6.06. The summed E-state index contributed by atoms with van der Waals surface area (Å²) in [5.74, 6) is 6.04. The Morgan fingerprint density at radius 3 is 2.67 bits per heavy atom. The smallest absolute Gasteiger partial charge is 0.0841 e. The van der Waals surface area contributed by atoms with Gasteiger partial charge in [-0.2, -0.15) is 0 Å². The van der Waals surface area contributed by atoms with E-state index in [1.165, 1.54) is 25.9 Å². The van der Waals surface area contributed by atoms with Crippen LogP contribution in [0, 0.1) is 5.92 Å². The van der Waals surface area contributed by atoms with Crippen LogP contribution in [0.25, 0.3) is 0 Å². The molecule has 1 fully saturated rings. The van der Waals surface area contributed by atoms with Crippen LogP contribution >= 0.6 is 0 Å². The quantitative estimate of drug-likeness (QED) is 0.729. The van der Waals surface area contributed by atoms with Gasteiger partial charge in [0.05, 0.1) is 5.60 Å². The van der Waals surface area contributed by atoms with Crippen molar-refractivity contribution in [2.75, 3.05) is 13.1 Å². The molecule has 15 heavy (non-hydrogen) atoms. The summed E-state index contributed by atoms with van der Waals surface area (Å²) in [7, 11) is 0. The summed E-state index contributed by atoms with van der Waals surface area (Å²) in [6.45, 7) is 11.1. The zero-order valence-corrected chi connectivity index (χ0v) is 10.6. The van der Waals surface area contributed by atoms with Gasteiger partial charge in [-0.05, 0) is 59.4 Å². The van der Waals surface area contributed by atoms with E-state index < -0.39 is 0 Å². The van der Waals surface area contributed by atoms with Crippen molar-refractivity contribution in [1.82, 2.24) is 4.90 Å². The van der Waals surface area contributed by atoms with Crippen molar-refractivity contribution < 1.29 is 4.84 Å². The second kappa shape index (κ2) is 5.28. The normalized spacial score (nSPS) is 24.8. The Kier molecular flexibility index (Phi) is 4.56. The summed E-state index contributed by atoms with van der Waals surface area (Å²) < 4.78 is 0. The minimum atomic E-state index is -0.176. The van der Waals surface area contributed by atoms with E-state index in [9.17, 15) is 0 Å².